The minimum atomic E-state index is -0.818. The van der Waals surface area contributed by atoms with Crippen molar-refractivity contribution in [1.82, 2.24) is 0 Å². The van der Waals surface area contributed by atoms with Crippen molar-refractivity contribution in [3.8, 4) is 12.3 Å². The molecule has 1 aromatic rings. The number of hydrogen-bond acceptors (Lipinski definition) is 2. The molecule has 0 aliphatic heterocycles. The van der Waals surface area contributed by atoms with Gasteiger partial charge in [0.2, 0.25) is 0 Å². The topological polar surface area (TPSA) is 29.5 Å². The molecular weight excluding hydrogens is 188 g/mol. The van der Waals surface area contributed by atoms with E-state index in [0.717, 1.165) is 11.1 Å². The molecule has 0 fully saturated rings. The monoisotopic (exact) mass is 202 g/mol. The van der Waals surface area contributed by atoms with Crippen LogP contribution in [0.25, 0.3) is 6.08 Å². The van der Waals surface area contributed by atoms with Gasteiger partial charge < -0.3 is 9.84 Å². The van der Waals surface area contributed by atoms with Gasteiger partial charge in [0.05, 0.1) is 6.61 Å². The number of methoxy groups -OCH3 is 1. The standard InChI is InChI=1S/C13H14O2/c1-3-13(14)12-8-6-11(7-9-12)5-4-10-15-2/h1,4-9,13-14H,10H2,2H3/b5-4+. The van der Waals surface area contributed by atoms with Crippen molar-refractivity contribution in [1.29, 1.82) is 0 Å². The molecule has 0 aromatic heterocycles. The van der Waals surface area contributed by atoms with Gasteiger partial charge in [0.1, 0.15) is 6.10 Å². The highest BCUT2D eigenvalue weighted by Gasteiger charge is 2.01. The summed E-state index contributed by atoms with van der Waals surface area (Å²) in [6.07, 6.45) is 8.17. The van der Waals surface area contributed by atoms with Crippen molar-refractivity contribution in [2.24, 2.45) is 0 Å². The Morgan fingerprint density at radius 2 is 2.13 bits per heavy atom. The zero-order chi connectivity index (χ0) is 11.1. The van der Waals surface area contributed by atoms with E-state index in [1.807, 2.05) is 36.4 Å². The van der Waals surface area contributed by atoms with Gasteiger partial charge in [-0.2, -0.15) is 0 Å². The second kappa shape index (κ2) is 6.02. The molecule has 15 heavy (non-hydrogen) atoms. The Hall–Kier alpha value is -1.56. The molecular formula is C13H14O2. The summed E-state index contributed by atoms with van der Waals surface area (Å²) in [7, 11) is 1.65. The van der Waals surface area contributed by atoms with E-state index < -0.39 is 6.10 Å². The molecule has 1 rings (SSSR count). The van der Waals surface area contributed by atoms with Gasteiger partial charge in [0, 0.05) is 7.11 Å². The van der Waals surface area contributed by atoms with E-state index in [1.165, 1.54) is 0 Å². The fourth-order valence-corrected chi connectivity index (χ4v) is 1.17. The second-order valence-electron chi connectivity index (χ2n) is 3.09. The third-order valence-electron chi connectivity index (χ3n) is 1.98. The van der Waals surface area contributed by atoms with Crippen molar-refractivity contribution >= 4 is 6.08 Å². The number of rotatable bonds is 4. The predicted molar refractivity (Wildman–Crippen MR) is 61.1 cm³/mol. The summed E-state index contributed by atoms with van der Waals surface area (Å²) in [5.41, 5.74) is 1.79. The fraction of sp³-hybridized carbons (Fsp3) is 0.231. The summed E-state index contributed by atoms with van der Waals surface area (Å²) in [6, 6.07) is 7.44. The molecule has 0 aliphatic carbocycles. The number of aliphatic hydroxyl groups excluding tert-OH is 1. The molecule has 2 nitrogen and oxygen atoms in total. The highest BCUT2D eigenvalue weighted by Crippen LogP contribution is 2.13. The maximum atomic E-state index is 9.36. The Morgan fingerprint density at radius 1 is 1.47 bits per heavy atom. The molecule has 2 heteroatoms. The Bertz CT molecular complexity index is 357. The first-order valence-corrected chi connectivity index (χ1v) is 4.67. The Morgan fingerprint density at radius 3 is 2.67 bits per heavy atom. The molecule has 0 spiro atoms. The van der Waals surface area contributed by atoms with Crippen LogP contribution in [0.2, 0.25) is 0 Å². The van der Waals surface area contributed by atoms with Gasteiger partial charge in [0.25, 0.3) is 0 Å². The number of aliphatic hydroxyl groups is 1. The number of benzene rings is 1. The van der Waals surface area contributed by atoms with Gasteiger partial charge in [0.15, 0.2) is 0 Å². The van der Waals surface area contributed by atoms with Gasteiger partial charge in [-0.05, 0) is 11.1 Å². The van der Waals surface area contributed by atoms with Crippen LogP contribution in [0.3, 0.4) is 0 Å². The van der Waals surface area contributed by atoms with Crippen LogP contribution < -0.4 is 0 Å². The largest absolute Gasteiger partial charge is 0.381 e. The minimum Gasteiger partial charge on any atom is -0.381 e. The second-order valence-corrected chi connectivity index (χ2v) is 3.09. The van der Waals surface area contributed by atoms with E-state index in [-0.39, 0.29) is 0 Å². The first-order valence-electron chi connectivity index (χ1n) is 4.67. The highest BCUT2D eigenvalue weighted by atomic mass is 16.5. The Balaban J connectivity index is 2.69. The van der Waals surface area contributed by atoms with E-state index in [1.54, 1.807) is 7.11 Å². The lowest BCUT2D eigenvalue weighted by molar-refractivity contribution is 0.234. The van der Waals surface area contributed by atoms with Crippen molar-refractivity contribution in [2.45, 2.75) is 6.10 Å². The third-order valence-corrected chi connectivity index (χ3v) is 1.98. The van der Waals surface area contributed by atoms with Crippen LogP contribution in [0.15, 0.2) is 30.3 Å². The van der Waals surface area contributed by atoms with Crippen LogP contribution in [0.1, 0.15) is 17.2 Å². The maximum absolute atomic E-state index is 9.36. The van der Waals surface area contributed by atoms with Crippen LogP contribution >= 0.6 is 0 Å². The molecule has 78 valence electrons. The fourth-order valence-electron chi connectivity index (χ4n) is 1.17. The molecule has 0 aliphatic rings. The summed E-state index contributed by atoms with van der Waals surface area (Å²) in [6.45, 7) is 0.592. The summed E-state index contributed by atoms with van der Waals surface area (Å²) < 4.78 is 4.89. The van der Waals surface area contributed by atoms with Crippen LogP contribution in [0.4, 0.5) is 0 Å². The summed E-state index contributed by atoms with van der Waals surface area (Å²) in [5.74, 6) is 2.27. The normalized spacial score (nSPS) is 12.6. The Kier molecular flexibility index (Phi) is 4.62. The minimum absolute atomic E-state index is 0.592. The van der Waals surface area contributed by atoms with E-state index in [2.05, 4.69) is 5.92 Å². The van der Waals surface area contributed by atoms with E-state index in [0.29, 0.717) is 6.61 Å². The lowest BCUT2D eigenvalue weighted by atomic mass is 10.1. The van der Waals surface area contributed by atoms with E-state index in [9.17, 15) is 5.11 Å². The highest BCUT2D eigenvalue weighted by molar-refractivity contribution is 5.50. The zero-order valence-corrected chi connectivity index (χ0v) is 8.68. The maximum Gasteiger partial charge on any atom is 0.139 e. The van der Waals surface area contributed by atoms with Crippen LogP contribution in [-0.2, 0) is 4.74 Å². The lowest BCUT2D eigenvalue weighted by Crippen LogP contribution is -1.92. The smallest absolute Gasteiger partial charge is 0.139 e. The van der Waals surface area contributed by atoms with Gasteiger partial charge in [-0.3, -0.25) is 0 Å². The first kappa shape index (κ1) is 11.5. The van der Waals surface area contributed by atoms with Crippen LogP contribution in [0, 0.1) is 12.3 Å². The molecule has 0 saturated heterocycles. The average molecular weight is 202 g/mol. The number of hydrogen-bond donors (Lipinski definition) is 1. The molecule has 0 saturated carbocycles. The number of ether oxygens (including phenoxy) is 1. The van der Waals surface area contributed by atoms with E-state index >= 15 is 0 Å². The van der Waals surface area contributed by atoms with Crippen molar-refractivity contribution < 1.29 is 9.84 Å². The zero-order valence-electron chi connectivity index (χ0n) is 8.68. The lowest BCUT2D eigenvalue weighted by Gasteiger charge is -2.03. The molecule has 1 unspecified atom stereocenters. The first-order chi connectivity index (χ1) is 7.27. The van der Waals surface area contributed by atoms with Crippen molar-refractivity contribution in [2.75, 3.05) is 13.7 Å². The van der Waals surface area contributed by atoms with Gasteiger partial charge >= 0.3 is 0 Å². The number of terminal acetylenes is 1. The van der Waals surface area contributed by atoms with Gasteiger partial charge in [-0.25, -0.2) is 0 Å². The summed E-state index contributed by atoms with van der Waals surface area (Å²) in [5, 5.41) is 9.36. The third kappa shape index (κ3) is 3.59. The molecule has 0 radical (unpaired) electrons. The van der Waals surface area contributed by atoms with Crippen LogP contribution in [-0.4, -0.2) is 18.8 Å². The quantitative estimate of drug-likeness (QED) is 0.757. The molecule has 1 atom stereocenters. The van der Waals surface area contributed by atoms with Crippen LogP contribution in [0.5, 0.6) is 0 Å². The molecule has 1 aromatic carbocycles. The summed E-state index contributed by atoms with van der Waals surface area (Å²) >= 11 is 0. The van der Waals surface area contributed by atoms with E-state index in [4.69, 9.17) is 11.2 Å². The predicted octanol–water partition coefficient (Wildman–Crippen LogP) is 2.01. The molecule has 0 bridgehead atoms. The summed E-state index contributed by atoms with van der Waals surface area (Å²) in [4.78, 5) is 0. The molecule has 1 N–H and O–H groups in total. The van der Waals surface area contributed by atoms with Crippen molar-refractivity contribution in [3.63, 3.8) is 0 Å². The van der Waals surface area contributed by atoms with Gasteiger partial charge in [-0.15, -0.1) is 6.42 Å². The molecule has 0 heterocycles. The Labute approximate surface area is 90.2 Å². The molecule has 0 amide bonds. The SMILES string of the molecule is C#CC(O)c1ccc(/C=C/COC)cc1. The van der Waals surface area contributed by atoms with Gasteiger partial charge in [-0.1, -0.05) is 42.3 Å². The van der Waals surface area contributed by atoms with Crippen molar-refractivity contribution in [3.05, 3.63) is 41.5 Å². The average Bonchev–Trinajstić information content (AvgIpc) is 2.29.